The molecule has 0 atom stereocenters. The summed E-state index contributed by atoms with van der Waals surface area (Å²) in [7, 11) is 0. The third-order valence-corrected chi connectivity index (χ3v) is 11.5. The summed E-state index contributed by atoms with van der Waals surface area (Å²) in [5.74, 6) is 0.262. The zero-order chi connectivity index (χ0) is 41.8. The Morgan fingerprint density at radius 3 is 0.903 bits per heavy atom. The van der Waals surface area contributed by atoms with Crippen molar-refractivity contribution in [1.29, 1.82) is 0 Å². The zero-order valence-corrected chi connectivity index (χ0v) is 34.2. The van der Waals surface area contributed by atoms with Crippen molar-refractivity contribution in [2.45, 2.75) is 6.92 Å². The lowest BCUT2D eigenvalue weighted by atomic mass is 9.86. The largest absolute Gasteiger partial charge is 0.508 e. The molecular weight excluding hydrogens is 755 g/mol. The minimum Gasteiger partial charge on any atom is -0.508 e. The number of aryl methyl sites for hydroxylation is 1. The van der Waals surface area contributed by atoms with Crippen LogP contribution in [-0.2, 0) is 0 Å². The molecule has 10 rings (SSSR count). The molecule has 3 aromatic heterocycles. The highest BCUT2D eigenvalue weighted by Gasteiger charge is 2.17. The van der Waals surface area contributed by atoms with Gasteiger partial charge in [0.2, 0.25) is 0 Å². The number of aromatic hydroxyl groups is 1. The number of hydrogen-bond acceptors (Lipinski definition) is 4. The first-order chi connectivity index (χ1) is 30.6. The number of aromatic nitrogens is 3. The Balaban J connectivity index is 1.11. The Bertz CT molecular complexity index is 3020. The van der Waals surface area contributed by atoms with Crippen molar-refractivity contribution in [3.8, 4) is 106 Å². The average molecular weight is 796 g/mol. The lowest BCUT2D eigenvalue weighted by molar-refractivity contribution is 0.471. The van der Waals surface area contributed by atoms with Gasteiger partial charge < -0.3 is 5.11 Å². The van der Waals surface area contributed by atoms with E-state index in [2.05, 4.69) is 146 Å². The molecule has 0 spiro atoms. The second kappa shape index (κ2) is 16.8. The molecule has 4 heteroatoms. The van der Waals surface area contributed by atoms with Crippen LogP contribution in [0.4, 0.5) is 0 Å². The van der Waals surface area contributed by atoms with E-state index >= 15 is 0 Å². The highest BCUT2D eigenvalue weighted by atomic mass is 16.3. The molecule has 0 fully saturated rings. The molecule has 1 N–H and O–H groups in total. The number of benzene rings is 7. The van der Waals surface area contributed by atoms with Crippen LogP contribution < -0.4 is 0 Å². The third-order valence-electron chi connectivity index (χ3n) is 11.5. The van der Waals surface area contributed by atoms with Gasteiger partial charge in [-0.05, 0) is 105 Å². The number of pyridine rings is 3. The lowest BCUT2D eigenvalue weighted by Crippen LogP contribution is -1.93. The van der Waals surface area contributed by atoms with E-state index in [9.17, 15) is 5.11 Å². The zero-order valence-electron chi connectivity index (χ0n) is 34.2. The predicted molar refractivity (Wildman–Crippen MR) is 255 cm³/mol. The Morgan fingerprint density at radius 1 is 0.274 bits per heavy atom. The molecule has 7 aromatic carbocycles. The second-order valence-corrected chi connectivity index (χ2v) is 15.5. The molecular formula is C58H41N3O. The summed E-state index contributed by atoms with van der Waals surface area (Å²) < 4.78 is 0. The van der Waals surface area contributed by atoms with Crippen LogP contribution in [0.25, 0.3) is 101 Å². The van der Waals surface area contributed by atoms with Gasteiger partial charge in [-0.1, -0.05) is 164 Å². The summed E-state index contributed by atoms with van der Waals surface area (Å²) in [6.07, 6.45) is 5.90. The van der Waals surface area contributed by atoms with Crippen LogP contribution in [0.2, 0.25) is 0 Å². The molecule has 0 aliphatic rings. The predicted octanol–water partition coefficient (Wildman–Crippen LogP) is 14.9. The fraction of sp³-hybridized carbons (Fsp3) is 0.0172. The molecule has 62 heavy (non-hydrogen) atoms. The highest BCUT2D eigenvalue weighted by Crippen LogP contribution is 2.42. The fourth-order valence-electron chi connectivity index (χ4n) is 8.21. The van der Waals surface area contributed by atoms with Crippen molar-refractivity contribution in [1.82, 2.24) is 15.0 Å². The van der Waals surface area contributed by atoms with E-state index in [-0.39, 0.29) is 5.75 Å². The maximum atomic E-state index is 10.4. The number of nitrogens with zero attached hydrogens (tertiary/aromatic N) is 3. The summed E-state index contributed by atoms with van der Waals surface area (Å²) in [5, 5.41) is 10.4. The summed E-state index contributed by atoms with van der Waals surface area (Å²) in [6.45, 7) is 1.89. The van der Waals surface area contributed by atoms with Crippen molar-refractivity contribution in [3.63, 3.8) is 0 Å². The maximum Gasteiger partial charge on any atom is 0.119 e. The van der Waals surface area contributed by atoms with E-state index < -0.39 is 0 Å². The third kappa shape index (κ3) is 7.69. The molecule has 294 valence electrons. The van der Waals surface area contributed by atoms with Gasteiger partial charge in [-0.25, -0.2) is 0 Å². The molecule has 0 radical (unpaired) electrons. The minimum atomic E-state index is 0.262. The van der Waals surface area contributed by atoms with E-state index in [1.165, 1.54) is 0 Å². The average Bonchev–Trinajstić information content (AvgIpc) is 3.35. The van der Waals surface area contributed by atoms with Crippen molar-refractivity contribution in [2.24, 2.45) is 0 Å². The van der Waals surface area contributed by atoms with Crippen LogP contribution in [-0.4, -0.2) is 20.1 Å². The molecule has 10 aromatic rings. The quantitative estimate of drug-likeness (QED) is 0.158. The van der Waals surface area contributed by atoms with Gasteiger partial charge in [-0.2, -0.15) is 0 Å². The monoisotopic (exact) mass is 795 g/mol. The van der Waals surface area contributed by atoms with Crippen molar-refractivity contribution < 1.29 is 5.11 Å². The van der Waals surface area contributed by atoms with Crippen LogP contribution in [0.1, 0.15) is 5.56 Å². The van der Waals surface area contributed by atoms with Gasteiger partial charge in [-0.3, -0.25) is 15.0 Å². The van der Waals surface area contributed by atoms with Gasteiger partial charge in [0.25, 0.3) is 0 Å². The van der Waals surface area contributed by atoms with E-state index in [0.29, 0.717) is 0 Å². The molecule has 0 aliphatic heterocycles. The van der Waals surface area contributed by atoms with Crippen LogP contribution in [0.15, 0.2) is 225 Å². The molecule has 0 aliphatic carbocycles. The first-order valence-electron chi connectivity index (χ1n) is 20.8. The molecule has 0 amide bonds. The summed E-state index contributed by atoms with van der Waals surface area (Å²) in [6, 6.07) is 71.6. The number of phenols is 1. The van der Waals surface area contributed by atoms with E-state index in [1.807, 2.05) is 80.1 Å². The standard InChI is InChI=1S/C58H41N3O/c1-39-24-25-42(35-58(39)62)57-31-28-45(38-61-57)51-20-10-13-23-54(51)48-33-46(52-21-11-8-18-49(52)43-26-29-55(59-36-43)40-14-4-2-5-15-40)32-47(34-48)53-22-12-9-19-50(53)44-27-30-56(60-37-44)41-16-6-3-7-17-41/h2-38,62H,1H3. The maximum absolute atomic E-state index is 10.4. The van der Waals surface area contributed by atoms with E-state index in [0.717, 1.165) is 106 Å². The van der Waals surface area contributed by atoms with E-state index in [1.54, 1.807) is 6.07 Å². The Morgan fingerprint density at radius 2 is 0.581 bits per heavy atom. The topological polar surface area (TPSA) is 58.9 Å². The highest BCUT2D eigenvalue weighted by molar-refractivity contribution is 5.94. The SMILES string of the molecule is Cc1ccc(-c2ccc(-c3ccccc3-c3cc(-c4ccccc4-c4ccc(-c5ccccc5)nc4)cc(-c4ccccc4-c4ccc(-c5ccccc5)nc4)c3)cn2)cc1O. The summed E-state index contributed by atoms with van der Waals surface area (Å²) in [5.41, 5.74) is 19.5. The van der Waals surface area contributed by atoms with Gasteiger partial charge in [0, 0.05) is 52.0 Å². The van der Waals surface area contributed by atoms with Gasteiger partial charge in [0.05, 0.1) is 17.1 Å². The fourth-order valence-corrected chi connectivity index (χ4v) is 8.21. The first kappa shape index (κ1) is 38.0. The molecule has 0 saturated carbocycles. The Labute approximate surface area is 362 Å². The van der Waals surface area contributed by atoms with Gasteiger partial charge in [-0.15, -0.1) is 0 Å². The molecule has 4 nitrogen and oxygen atoms in total. The molecule has 0 unspecified atom stereocenters. The van der Waals surface area contributed by atoms with Crippen LogP contribution >= 0.6 is 0 Å². The normalized spacial score (nSPS) is 11.0. The lowest BCUT2D eigenvalue weighted by Gasteiger charge is -2.18. The number of rotatable bonds is 9. The number of hydrogen-bond donors (Lipinski definition) is 1. The van der Waals surface area contributed by atoms with Gasteiger partial charge in [0.15, 0.2) is 0 Å². The van der Waals surface area contributed by atoms with Crippen molar-refractivity contribution >= 4 is 0 Å². The molecule has 3 heterocycles. The van der Waals surface area contributed by atoms with Crippen LogP contribution in [0.5, 0.6) is 5.75 Å². The summed E-state index contributed by atoms with van der Waals surface area (Å²) >= 11 is 0. The second-order valence-electron chi connectivity index (χ2n) is 15.5. The summed E-state index contributed by atoms with van der Waals surface area (Å²) in [4.78, 5) is 14.7. The van der Waals surface area contributed by atoms with Gasteiger partial charge in [0.1, 0.15) is 5.75 Å². The van der Waals surface area contributed by atoms with E-state index in [4.69, 9.17) is 15.0 Å². The molecule has 0 bridgehead atoms. The number of phenolic OH excluding ortho intramolecular Hbond substituents is 1. The Kier molecular flexibility index (Phi) is 10.3. The minimum absolute atomic E-state index is 0.262. The smallest absolute Gasteiger partial charge is 0.119 e. The van der Waals surface area contributed by atoms with Crippen molar-refractivity contribution in [3.05, 3.63) is 230 Å². The molecule has 0 saturated heterocycles. The van der Waals surface area contributed by atoms with Crippen LogP contribution in [0.3, 0.4) is 0 Å². The first-order valence-corrected chi connectivity index (χ1v) is 20.8. The van der Waals surface area contributed by atoms with Crippen LogP contribution in [0, 0.1) is 6.92 Å². The van der Waals surface area contributed by atoms with Gasteiger partial charge >= 0.3 is 0 Å². The Hall–Kier alpha value is -8.21. The van der Waals surface area contributed by atoms with Crippen molar-refractivity contribution in [2.75, 3.05) is 0 Å².